The lowest BCUT2D eigenvalue weighted by Crippen LogP contribution is -2.49. The lowest BCUT2D eigenvalue weighted by atomic mass is 10.1. The maximum atomic E-state index is 12.1. The summed E-state index contributed by atoms with van der Waals surface area (Å²) < 4.78 is 0. The predicted octanol–water partition coefficient (Wildman–Crippen LogP) is 2.78. The molecular formula is C19H31IN4O2S. The van der Waals surface area contributed by atoms with E-state index < -0.39 is 0 Å². The molecule has 1 atom stereocenters. The number of carbonyl (C=O) groups excluding carboxylic acids is 1. The fourth-order valence-electron chi connectivity index (χ4n) is 2.74. The monoisotopic (exact) mass is 506 g/mol. The van der Waals surface area contributed by atoms with Crippen LogP contribution in [0.25, 0.3) is 0 Å². The van der Waals surface area contributed by atoms with E-state index in [4.69, 9.17) is 0 Å². The van der Waals surface area contributed by atoms with Crippen molar-refractivity contribution in [3.05, 3.63) is 29.8 Å². The SMILES string of the molecule is CCNC(=NCCNC(=O)c1ccc(O)cc1)N1CCSC(C(C)C)C1.I. The second kappa shape index (κ2) is 12.3. The predicted molar refractivity (Wildman–Crippen MR) is 124 cm³/mol. The molecule has 0 saturated carbocycles. The van der Waals surface area contributed by atoms with E-state index in [1.807, 2.05) is 11.8 Å². The van der Waals surface area contributed by atoms with Crippen molar-refractivity contribution in [3.63, 3.8) is 0 Å². The number of carbonyl (C=O) groups is 1. The number of nitrogens with one attached hydrogen (secondary N) is 2. The Morgan fingerprint density at radius 1 is 1.33 bits per heavy atom. The van der Waals surface area contributed by atoms with Crippen molar-refractivity contribution in [2.75, 3.05) is 38.5 Å². The highest BCUT2D eigenvalue weighted by atomic mass is 127. The van der Waals surface area contributed by atoms with E-state index in [1.54, 1.807) is 12.1 Å². The summed E-state index contributed by atoms with van der Waals surface area (Å²) in [5.41, 5.74) is 0.534. The van der Waals surface area contributed by atoms with E-state index >= 15 is 0 Å². The van der Waals surface area contributed by atoms with E-state index in [0.29, 0.717) is 29.8 Å². The standard InChI is InChI=1S/C19H30N4O2S.HI/c1-4-20-19(23-11-12-26-17(13-23)14(2)3)22-10-9-21-18(25)15-5-7-16(24)8-6-15;/h5-8,14,17,24H,4,9-13H2,1-3H3,(H,20,22)(H,21,25);1H. The highest BCUT2D eigenvalue weighted by Crippen LogP contribution is 2.24. The first-order chi connectivity index (χ1) is 12.5. The van der Waals surface area contributed by atoms with Gasteiger partial charge in [0.15, 0.2) is 5.96 Å². The van der Waals surface area contributed by atoms with E-state index in [2.05, 4.69) is 41.3 Å². The van der Waals surface area contributed by atoms with Crippen molar-refractivity contribution >= 4 is 47.6 Å². The van der Waals surface area contributed by atoms with E-state index in [0.717, 1.165) is 31.3 Å². The van der Waals surface area contributed by atoms with Gasteiger partial charge in [-0.1, -0.05) is 13.8 Å². The summed E-state index contributed by atoms with van der Waals surface area (Å²) >= 11 is 2.04. The van der Waals surface area contributed by atoms with E-state index in [-0.39, 0.29) is 35.6 Å². The van der Waals surface area contributed by atoms with Gasteiger partial charge in [0.05, 0.1) is 6.54 Å². The Kier molecular flexibility index (Phi) is 10.9. The van der Waals surface area contributed by atoms with Crippen molar-refractivity contribution in [1.82, 2.24) is 15.5 Å². The van der Waals surface area contributed by atoms with Gasteiger partial charge in [-0.2, -0.15) is 11.8 Å². The van der Waals surface area contributed by atoms with Crippen LogP contribution < -0.4 is 10.6 Å². The number of thioether (sulfide) groups is 1. The number of halogens is 1. The fraction of sp³-hybridized carbons (Fsp3) is 0.579. The summed E-state index contributed by atoms with van der Waals surface area (Å²) in [6, 6.07) is 6.23. The van der Waals surface area contributed by atoms with Crippen LogP contribution in [0.2, 0.25) is 0 Å². The highest BCUT2D eigenvalue weighted by molar-refractivity contribution is 14.0. The van der Waals surface area contributed by atoms with Gasteiger partial charge in [-0.25, -0.2) is 0 Å². The number of benzene rings is 1. The van der Waals surface area contributed by atoms with Crippen molar-refractivity contribution in [2.24, 2.45) is 10.9 Å². The quantitative estimate of drug-likeness (QED) is 0.240. The first-order valence-electron chi connectivity index (χ1n) is 9.23. The van der Waals surface area contributed by atoms with Crippen molar-refractivity contribution in [3.8, 4) is 5.75 Å². The van der Waals surface area contributed by atoms with Gasteiger partial charge in [0.25, 0.3) is 5.91 Å². The van der Waals surface area contributed by atoms with Crippen LogP contribution in [0.4, 0.5) is 0 Å². The Hall–Kier alpha value is -1.16. The smallest absolute Gasteiger partial charge is 0.251 e. The third-order valence-corrected chi connectivity index (χ3v) is 5.80. The van der Waals surface area contributed by atoms with Crippen LogP contribution in [0.15, 0.2) is 29.3 Å². The van der Waals surface area contributed by atoms with Crippen molar-refractivity contribution in [1.29, 1.82) is 0 Å². The Labute approximate surface area is 183 Å². The second-order valence-electron chi connectivity index (χ2n) is 6.64. The van der Waals surface area contributed by atoms with Crippen molar-refractivity contribution < 1.29 is 9.90 Å². The molecule has 1 aliphatic rings. The highest BCUT2D eigenvalue weighted by Gasteiger charge is 2.24. The third kappa shape index (κ3) is 7.77. The molecule has 0 aliphatic carbocycles. The van der Waals surface area contributed by atoms with Gasteiger partial charge in [-0.05, 0) is 37.1 Å². The molecule has 1 unspecified atom stereocenters. The first-order valence-corrected chi connectivity index (χ1v) is 10.3. The van der Waals surface area contributed by atoms with Gasteiger partial charge < -0.3 is 20.6 Å². The number of phenolic OH excluding ortho intramolecular Hbond substituents is 1. The van der Waals surface area contributed by atoms with Crippen LogP contribution in [0, 0.1) is 5.92 Å². The van der Waals surface area contributed by atoms with Crippen LogP contribution in [-0.2, 0) is 0 Å². The molecule has 0 radical (unpaired) electrons. The number of amides is 1. The molecular weight excluding hydrogens is 475 g/mol. The second-order valence-corrected chi connectivity index (χ2v) is 7.98. The van der Waals surface area contributed by atoms with Crippen LogP contribution in [-0.4, -0.2) is 65.6 Å². The van der Waals surface area contributed by atoms with E-state index in [1.165, 1.54) is 12.1 Å². The van der Waals surface area contributed by atoms with E-state index in [9.17, 15) is 9.90 Å². The molecule has 8 heteroatoms. The maximum absolute atomic E-state index is 12.1. The lowest BCUT2D eigenvalue weighted by Gasteiger charge is -2.36. The Morgan fingerprint density at radius 3 is 2.67 bits per heavy atom. The fourth-order valence-corrected chi connectivity index (χ4v) is 4.04. The molecule has 1 aromatic rings. The van der Waals surface area contributed by atoms with Crippen LogP contribution in [0.3, 0.4) is 0 Å². The number of aliphatic imine (C=N–C) groups is 1. The molecule has 152 valence electrons. The van der Waals surface area contributed by atoms with Crippen LogP contribution >= 0.6 is 35.7 Å². The summed E-state index contributed by atoms with van der Waals surface area (Å²) in [5.74, 6) is 2.69. The lowest BCUT2D eigenvalue weighted by molar-refractivity contribution is 0.0955. The Balaban J connectivity index is 0.00000364. The molecule has 2 rings (SSSR count). The number of guanidine groups is 1. The zero-order chi connectivity index (χ0) is 18.9. The molecule has 27 heavy (non-hydrogen) atoms. The van der Waals surface area contributed by atoms with Gasteiger partial charge in [-0.3, -0.25) is 9.79 Å². The molecule has 0 aromatic heterocycles. The Bertz CT molecular complexity index is 610. The molecule has 3 N–H and O–H groups in total. The number of nitrogens with zero attached hydrogens (tertiary/aromatic N) is 2. The van der Waals surface area contributed by atoms with Gasteiger partial charge in [0.2, 0.25) is 0 Å². The van der Waals surface area contributed by atoms with Crippen LogP contribution in [0.5, 0.6) is 5.75 Å². The normalized spacial score (nSPS) is 17.4. The van der Waals surface area contributed by atoms with Gasteiger partial charge in [0.1, 0.15) is 5.75 Å². The average Bonchev–Trinajstić information content (AvgIpc) is 2.64. The number of hydrogen-bond acceptors (Lipinski definition) is 4. The third-order valence-electron chi connectivity index (χ3n) is 4.26. The zero-order valence-corrected chi connectivity index (χ0v) is 19.4. The van der Waals surface area contributed by atoms with Crippen molar-refractivity contribution in [2.45, 2.75) is 26.0 Å². The number of phenols is 1. The Morgan fingerprint density at radius 2 is 2.04 bits per heavy atom. The van der Waals surface area contributed by atoms with Gasteiger partial charge in [0, 0.05) is 42.7 Å². The minimum absolute atomic E-state index is 0. The molecule has 1 aromatic carbocycles. The molecule has 1 aliphatic heterocycles. The molecule has 1 fully saturated rings. The average molecular weight is 506 g/mol. The minimum atomic E-state index is -0.153. The van der Waals surface area contributed by atoms with Gasteiger partial charge >= 0.3 is 0 Å². The largest absolute Gasteiger partial charge is 0.508 e. The number of rotatable bonds is 6. The summed E-state index contributed by atoms with van der Waals surface area (Å²) in [6.45, 7) is 10.4. The minimum Gasteiger partial charge on any atom is -0.508 e. The molecule has 6 nitrogen and oxygen atoms in total. The number of hydrogen-bond donors (Lipinski definition) is 3. The first kappa shape index (κ1) is 23.9. The molecule has 0 spiro atoms. The summed E-state index contributed by atoms with van der Waals surface area (Å²) in [7, 11) is 0. The number of aromatic hydroxyl groups is 1. The summed E-state index contributed by atoms with van der Waals surface area (Å²) in [5, 5.41) is 16.1. The zero-order valence-electron chi connectivity index (χ0n) is 16.3. The van der Waals surface area contributed by atoms with Crippen LogP contribution in [0.1, 0.15) is 31.1 Å². The summed E-state index contributed by atoms with van der Waals surface area (Å²) in [4.78, 5) is 19.1. The molecule has 1 heterocycles. The molecule has 1 saturated heterocycles. The van der Waals surface area contributed by atoms with Gasteiger partial charge in [-0.15, -0.1) is 24.0 Å². The summed E-state index contributed by atoms with van der Waals surface area (Å²) in [6.07, 6.45) is 0. The molecule has 0 bridgehead atoms. The maximum Gasteiger partial charge on any atom is 0.251 e. The molecule has 1 amide bonds. The topological polar surface area (TPSA) is 77.0 Å².